The summed E-state index contributed by atoms with van der Waals surface area (Å²) in [7, 11) is 0. The van der Waals surface area contributed by atoms with Crippen molar-refractivity contribution in [3.63, 3.8) is 0 Å². The maximum atomic E-state index is 12.0. The number of carboxylic acid groups (broad SMARTS) is 1. The molecule has 5 unspecified atom stereocenters. The number of hydrogen-bond acceptors (Lipinski definition) is 2. The monoisotopic (exact) mass is 387 g/mol. The van der Waals surface area contributed by atoms with Crippen LogP contribution in [0.1, 0.15) is 85.0 Å². The van der Waals surface area contributed by atoms with Crippen molar-refractivity contribution in [1.82, 2.24) is 5.32 Å². The van der Waals surface area contributed by atoms with E-state index < -0.39 is 11.4 Å². The number of rotatable bonds is 2. The summed E-state index contributed by atoms with van der Waals surface area (Å²) in [5.41, 5.74) is 1.36. The second kappa shape index (κ2) is 8.34. The third kappa shape index (κ3) is 3.97. The number of carbonyl (C=O) groups is 1. The molecule has 0 aromatic heterocycles. The van der Waals surface area contributed by atoms with Crippen molar-refractivity contribution >= 4 is 5.97 Å². The van der Waals surface area contributed by atoms with Gasteiger partial charge in [0.25, 0.3) is 0 Å². The highest BCUT2D eigenvalue weighted by Gasteiger charge is 2.58. The zero-order valence-corrected chi connectivity index (χ0v) is 18.4. The van der Waals surface area contributed by atoms with Crippen LogP contribution in [0.2, 0.25) is 0 Å². The second-order valence-electron chi connectivity index (χ2n) is 10.5. The Balaban J connectivity index is 0.000000320. The number of hydrogen-bond donors (Lipinski definition) is 2. The lowest BCUT2D eigenvalue weighted by Gasteiger charge is -2.59. The van der Waals surface area contributed by atoms with Crippen LogP contribution < -0.4 is 5.32 Å². The van der Waals surface area contributed by atoms with E-state index >= 15 is 0 Å². The van der Waals surface area contributed by atoms with Crippen molar-refractivity contribution in [1.29, 1.82) is 0 Å². The molecule has 0 bridgehead atoms. The van der Waals surface area contributed by atoms with Gasteiger partial charge in [0.1, 0.15) is 0 Å². The first-order chi connectivity index (χ1) is 13.3. The molecule has 0 radical (unpaired) electrons. The van der Waals surface area contributed by atoms with E-state index in [0.717, 1.165) is 32.1 Å². The Bertz CT molecular complexity index is 611. The van der Waals surface area contributed by atoms with Crippen LogP contribution in [0, 0.1) is 28.1 Å². The van der Waals surface area contributed by atoms with Gasteiger partial charge in [-0.3, -0.25) is 4.79 Å². The number of aliphatic carboxylic acids is 1. The van der Waals surface area contributed by atoms with E-state index in [2.05, 4.69) is 37.9 Å². The molecule has 2 N–H and O–H groups in total. The third-order valence-corrected chi connectivity index (χ3v) is 8.59. The maximum Gasteiger partial charge on any atom is 0.309 e. The highest BCUT2D eigenvalue weighted by atomic mass is 16.4. The quantitative estimate of drug-likeness (QED) is 0.574. The molecule has 3 heteroatoms. The van der Waals surface area contributed by atoms with Gasteiger partial charge in [0.2, 0.25) is 0 Å². The molecule has 3 nitrogen and oxygen atoms in total. The fourth-order valence-electron chi connectivity index (χ4n) is 6.74. The van der Waals surface area contributed by atoms with Gasteiger partial charge in [-0.25, -0.2) is 0 Å². The summed E-state index contributed by atoms with van der Waals surface area (Å²) in [5.74, 6) is 0.322. The molecule has 3 aliphatic carbocycles. The van der Waals surface area contributed by atoms with Crippen molar-refractivity contribution in [2.45, 2.75) is 85.0 Å². The molecule has 4 aliphatic rings. The van der Waals surface area contributed by atoms with Crippen LogP contribution in [0.15, 0.2) is 24.3 Å². The fourth-order valence-corrected chi connectivity index (χ4v) is 6.74. The zero-order valence-electron chi connectivity index (χ0n) is 18.4. The van der Waals surface area contributed by atoms with Crippen LogP contribution in [0.25, 0.3) is 0 Å². The number of fused-ring (bicyclic) bond motifs is 3. The van der Waals surface area contributed by atoms with E-state index in [1.807, 2.05) is 6.92 Å². The first-order valence-corrected chi connectivity index (χ1v) is 11.5. The number of piperidine rings is 1. The minimum atomic E-state index is -0.581. The molecule has 1 aliphatic heterocycles. The molecular weight excluding hydrogens is 346 g/mol. The molecule has 0 spiro atoms. The normalized spacial score (nSPS) is 42.8. The van der Waals surface area contributed by atoms with E-state index in [9.17, 15) is 9.90 Å². The standard InChI is InChI=1S/C20H30O2.C5H11N/c1-5-18(2)12-9-15-14(13-18)7-8-16-19(15,3)10-6-11-20(16,4)17(21)22;1-2-4-6-5-3-1/h5,13,15-16H,1,6-12H2,2-4H3,(H,21,22);6H,1-5H2. The van der Waals surface area contributed by atoms with Crippen LogP contribution in [0.3, 0.4) is 0 Å². The van der Waals surface area contributed by atoms with Gasteiger partial charge in [0.05, 0.1) is 5.41 Å². The van der Waals surface area contributed by atoms with Gasteiger partial charge in [-0.2, -0.15) is 0 Å². The average Bonchev–Trinajstić information content (AvgIpc) is 2.69. The van der Waals surface area contributed by atoms with Gasteiger partial charge >= 0.3 is 5.97 Å². The number of allylic oxidation sites excluding steroid dienone is 3. The first-order valence-electron chi connectivity index (χ1n) is 11.5. The average molecular weight is 388 g/mol. The lowest BCUT2D eigenvalue weighted by molar-refractivity contribution is -0.164. The SMILES string of the molecule is C1CCNCC1.C=CC1(C)C=C2CCC3C(C)(C(=O)O)CCCC3(C)C2CC1. The molecule has 0 amide bonds. The lowest BCUT2D eigenvalue weighted by Crippen LogP contribution is -2.54. The molecule has 5 atom stereocenters. The van der Waals surface area contributed by atoms with Crippen LogP contribution in [0.5, 0.6) is 0 Å². The first kappa shape index (κ1) is 21.6. The van der Waals surface area contributed by atoms with E-state index in [0.29, 0.717) is 11.8 Å². The predicted molar refractivity (Wildman–Crippen MR) is 116 cm³/mol. The minimum absolute atomic E-state index is 0.139. The molecule has 158 valence electrons. The summed E-state index contributed by atoms with van der Waals surface area (Å²) in [4.78, 5) is 12.0. The molecular formula is C25H41NO2. The predicted octanol–water partition coefficient (Wildman–Crippen LogP) is 5.97. The molecule has 2 saturated carbocycles. The summed E-state index contributed by atoms with van der Waals surface area (Å²) in [5, 5.41) is 13.1. The summed E-state index contributed by atoms with van der Waals surface area (Å²) >= 11 is 0. The molecule has 4 rings (SSSR count). The molecule has 3 fully saturated rings. The van der Waals surface area contributed by atoms with Crippen LogP contribution in [0.4, 0.5) is 0 Å². The molecule has 1 saturated heterocycles. The highest BCUT2D eigenvalue weighted by Crippen LogP contribution is 2.63. The van der Waals surface area contributed by atoms with E-state index in [1.165, 1.54) is 45.2 Å². The minimum Gasteiger partial charge on any atom is -0.481 e. The summed E-state index contributed by atoms with van der Waals surface area (Å²) in [6.07, 6.45) is 16.3. The number of nitrogens with one attached hydrogen (secondary N) is 1. The third-order valence-electron chi connectivity index (χ3n) is 8.59. The number of carboxylic acids is 1. The van der Waals surface area contributed by atoms with Crippen molar-refractivity contribution in [3.05, 3.63) is 24.3 Å². The van der Waals surface area contributed by atoms with Crippen LogP contribution >= 0.6 is 0 Å². The van der Waals surface area contributed by atoms with Crippen molar-refractivity contribution in [3.8, 4) is 0 Å². The van der Waals surface area contributed by atoms with Gasteiger partial charge in [0.15, 0.2) is 0 Å². The Morgan fingerprint density at radius 2 is 1.82 bits per heavy atom. The largest absolute Gasteiger partial charge is 0.481 e. The Kier molecular flexibility index (Phi) is 6.44. The van der Waals surface area contributed by atoms with Crippen LogP contribution in [-0.2, 0) is 4.79 Å². The van der Waals surface area contributed by atoms with Crippen molar-refractivity contribution in [2.75, 3.05) is 13.1 Å². The molecule has 1 heterocycles. The molecule has 0 aromatic carbocycles. The second-order valence-corrected chi connectivity index (χ2v) is 10.5. The summed E-state index contributed by atoms with van der Waals surface area (Å²) < 4.78 is 0. The van der Waals surface area contributed by atoms with Crippen molar-refractivity contribution in [2.24, 2.45) is 28.1 Å². The van der Waals surface area contributed by atoms with Gasteiger partial charge in [0, 0.05) is 5.41 Å². The summed E-state index contributed by atoms with van der Waals surface area (Å²) in [6.45, 7) is 13.2. The van der Waals surface area contributed by atoms with E-state index in [4.69, 9.17) is 0 Å². The van der Waals surface area contributed by atoms with Crippen molar-refractivity contribution < 1.29 is 9.90 Å². The zero-order chi connectivity index (χ0) is 20.4. The Labute approximate surface area is 172 Å². The van der Waals surface area contributed by atoms with Gasteiger partial charge < -0.3 is 10.4 Å². The van der Waals surface area contributed by atoms with Crippen LogP contribution in [-0.4, -0.2) is 24.2 Å². The summed E-state index contributed by atoms with van der Waals surface area (Å²) in [6, 6.07) is 0. The van der Waals surface area contributed by atoms with Gasteiger partial charge in [-0.15, -0.1) is 6.58 Å². The fraction of sp³-hybridized carbons (Fsp3) is 0.800. The lowest BCUT2D eigenvalue weighted by atomic mass is 9.45. The Hall–Kier alpha value is -1.09. The van der Waals surface area contributed by atoms with E-state index in [-0.39, 0.29) is 10.8 Å². The Morgan fingerprint density at radius 3 is 2.36 bits per heavy atom. The van der Waals surface area contributed by atoms with Gasteiger partial charge in [-0.05, 0) is 88.6 Å². The topological polar surface area (TPSA) is 49.3 Å². The molecule has 0 aromatic rings. The van der Waals surface area contributed by atoms with E-state index in [1.54, 1.807) is 5.57 Å². The molecule has 28 heavy (non-hydrogen) atoms. The van der Waals surface area contributed by atoms with Gasteiger partial charge in [-0.1, -0.05) is 44.4 Å². The highest BCUT2D eigenvalue weighted by molar-refractivity contribution is 5.75. The maximum absolute atomic E-state index is 12.0. The smallest absolute Gasteiger partial charge is 0.309 e. The Morgan fingerprint density at radius 1 is 1.11 bits per heavy atom.